The molecule has 0 aliphatic carbocycles. The molecular weight excluding hydrogens is 182 g/mol. The first kappa shape index (κ1) is 10.5. The number of carboxylic acid groups (broad SMARTS) is 1. The Morgan fingerprint density at radius 3 is 2.71 bits per heavy atom. The second kappa shape index (κ2) is 4.09. The number of aromatic amines is 1. The van der Waals surface area contributed by atoms with E-state index in [-0.39, 0.29) is 5.56 Å². The van der Waals surface area contributed by atoms with Crippen LogP contribution >= 0.6 is 0 Å². The predicted molar refractivity (Wildman–Crippen MR) is 52.8 cm³/mol. The van der Waals surface area contributed by atoms with Crippen LogP contribution in [0.1, 0.15) is 35.0 Å². The summed E-state index contributed by atoms with van der Waals surface area (Å²) in [7, 11) is 0. The van der Waals surface area contributed by atoms with Crippen LogP contribution in [-0.2, 0) is 6.42 Å². The molecule has 0 saturated carbocycles. The van der Waals surface area contributed by atoms with E-state index in [0.717, 1.165) is 24.1 Å². The third-order valence-corrected chi connectivity index (χ3v) is 2.10. The molecule has 4 nitrogen and oxygen atoms in total. The summed E-state index contributed by atoms with van der Waals surface area (Å²) in [6.07, 6.45) is 1.70. The fourth-order valence-electron chi connectivity index (χ4n) is 1.35. The van der Waals surface area contributed by atoms with Crippen LogP contribution < -0.4 is 5.56 Å². The molecule has 1 aromatic rings. The van der Waals surface area contributed by atoms with E-state index in [2.05, 4.69) is 4.98 Å². The highest BCUT2D eigenvalue weighted by Gasteiger charge is 2.10. The molecule has 1 heterocycles. The summed E-state index contributed by atoms with van der Waals surface area (Å²) in [6, 6.07) is 1.46. The standard InChI is InChI=1S/C10H13NO3/c1-3-4-7-5-8(10(13)14)9(12)11-6(7)2/h5H,3-4H2,1-2H3,(H,11,12)(H,13,14). The number of pyridine rings is 1. The number of carbonyl (C=O) groups is 1. The average Bonchev–Trinajstić information content (AvgIpc) is 2.09. The molecule has 0 radical (unpaired) electrons. The summed E-state index contributed by atoms with van der Waals surface area (Å²) in [6.45, 7) is 3.78. The van der Waals surface area contributed by atoms with Crippen molar-refractivity contribution in [2.24, 2.45) is 0 Å². The van der Waals surface area contributed by atoms with Gasteiger partial charge in [0.25, 0.3) is 5.56 Å². The van der Waals surface area contributed by atoms with Gasteiger partial charge in [-0.3, -0.25) is 4.79 Å². The summed E-state index contributed by atoms with van der Waals surface area (Å²) in [5, 5.41) is 8.73. The molecule has 1 aromatic heterocycles. The van der Waals surface area contributed by atoms with Crippen LogP contribution in [0.4, 0.5) is 0 Å². The fourth-order valence-corrected chi connectivity index (χ4v) is 1.35. The molecule has 0 atom stereocenters. The Morgan fingerprint density at radius 2 is 2.21 bits per heavy atom. The molecule has 76 valence electrons. The van der Waals surface area contributed by atoms with Gasteiger partial charge in [0.05, 0.1) is 0 Å². The number of nitrogens with one attached hydrogen (secondary N) is 1. The molecule has 0 amide bonds. The van der Waals surface area contributed by atoms with E-state index in [9.17, 15) is 9.59 Å². The number of aromatic nitrogens is 1. The fraction of sp³-hybridized carbons (Fsp3) is 0.400. The maximum absolute atomic E-state index is 11.2. The average molecular weight is 195 g/mol. The van der Waals surface area contributed by atoms with E-state index < -0.39 is 11.5 Å². The zero-order chi connectivity index (χ0) is 10.7. The summed E-state index contributed by atoms with van der Waals surface area (Å²) in [4.78, 5) is 24.4. The summed E-state index contributed by atoms with van der Waals surface area (Å²) >= 11 is 0. The van der Waals surface area contributed by atoms with Gasteiger partial charge >= 0.3 is 5.97 Å². The largest absolute Gasteiger partial charge is 0.477 e. The van der Waals surface area contributed by atoms with Crippen LogP contribution in [0.5, 0.6) is 0 Å². The van der Waals surface area contributed by atoms with Crippen molar-refractivity contribution in [2.75, 3.05) is 0 Å². The number of hydrogen-bond acceptors (Lipinski definition) is 2. The van der Waals surface area contributed by atoms with Crippen molar-refractivity contribution >= 4 is 5.97 Å². The molecule has 0 aliphatic heterocycles. The lowest BCUT2D eigenvalue weighted by atomic mass is 10.1. The van der Waals surface area contributed by atoms with Crippen molar-refractivity contribution in [3.05, 3.63) is 33.2 Å². The molecule has 1 rings (SSSR count). The first-order valence-corrected chi connectivity index (χ1v) is 4.52. The highest BCUT2D eigenvalue weighted by atomic mass is 16.4. The van der Waals surface area contributed by atoms with Crippen molar-refractivity contribution in [2.45, 2.75) is 26.7 Å². The molecule has 0 aliphatic rings. The Hall–Kier alpha value is -1.58. The normalized spacial score (nSPS) is 10.1. The summed E-state index contributed by atoms with van der Waals surface area (Å²) < 4.78 is 0. The minimum Gasteiger partial charge on any atom is -0.477 e. The number of aromatic carboxylic acids is 1. The molecule has 0 aromatic carbocycles. The van der Waals surface area contributed by atoms with E-state index in [1.807, 2.05) is 6.92 Å². The lowest BCUT2D eigenvalue weighted by Crippen LogP contribution is -2.19. The topological polar surface area (TPSA) is 70.2 Å². The monoisotopic (exact) mass is 195 g/mol. The summed E-state index contributed by atoms with van der Waals surface area (Å²) in [5.41, 5.74) is 0.931. The van der Waals surface area contributed by atoms with Gasteiger partial charge in [0.2, 0.25) is 0 Å². The minimum atomic E-state index is -1.18. The van der Waals surface area contributed by atoms with Gasteiger partial charge in [0.1, 0.15) is 5.56 Å². The first-order valence-electron chi connectivity index (χ1n) is 4.52. The first-order chi connectivity index (χ1) is 6.56. The molecule has 4 heteroatoms. The molecule has 0 saturated heterocycles. The van der Waals surface area contributed by atoms with E-state index in [1.165, 1.54) is 6.07 Å². The van der Waals surface area contributed by atoms with Gasteiger partial charge in [0, 0.05) is 5.69 Å². The van der Waals surface area contributed by atoms with Crippen molar-refractivity contribution in [1.82, 2.24) is 4.98 Å². The minimum absolute atomic E-state index is 0.181. The number of carboxylic acids is 1. The Balaban J connectivity index is 3.27. The lowest BCUT2D eigenvalue weighted by molar-refractivity contribution is 0.0695. The number of hydrogen-bond donors (Lipinski definition) is 2. The second-order valence-electron chi connectivity index (χ2n) is 3.22. The van der Waals surface area contributed by atoms with Crippen LogP contribution in [0.2, 0.25) is 0 Å². The van der Waals surface area contributed by atoms with Crippen molar-refractivity contribution < 1.29 is 9.90 Å². The van der Waals surface area contributed by atoms with Gasteiger partial charge in [-0.15, -0.1) is 0 Å². The molecule has 0 bridgehead atoms. The Morgan fingerprint density at radius 1 is 1.57 bits per heavy atom. The molecule has 2 N–H and O–H groups in total. The zero-order valence-corrected chi connectivity index (χ0v) is 8.26. The van der Waals surface area contributed by atoms with Gasteiger partial charge in [0.15, 0.2) is 0 Å². The highest BCUT2D eigenvalue weighted by Crippen LogP contribution is 2.07. The predicted octanol–water partition coefficient (Wildman–Crippen LogP) is 1.33. The third kappa shape index (κ3) is 2.02. The van der Waals surface area contributed by atoms with Crippen molar-refractivity contribution in [1.29, 1.82) is 0 Å². The van der Waals surface area contributed by atoms with E-state index in [0.29, 0.717) is 0 Å². The van der Waals surface area contributed by atoms with Gasteiger partial charge in [-0.1, -0.05) is 13.3 Å². The van der Waals surface area contributed by atoms with E-state index in [1.54, 1.807) is 6.92 Å². The molecule has 0 fully saturated rings. The molecule has 14 heavy (non-hydrogen) atoms. The van der Waals surface area contributed by atoms with Crippen molar-refractivity contribution in [3.63, 3.8) is 0 Å². The van der Waals surface area contributed by atoms with Gasteiger partial charge in [-0.05, 0) is 25.0 Å². The van der Waals surface area contributed by atoms with E-state index in [4.69, 9.17) is 5.11 Å². The van der Waals surface area contributed by atoms with Gasteiger partial charge in [-0.25, -0.2) is 4.79 Å². The molecular formula is C10H13NO3. The van der Waals surface area contributed by atoms with Gasteiger partial charge in [-0.2, -0.15) is 0 Å². The third-order valence-electron chi connectivity index (χ3n) is 2.10. The number of aryl methyl sites for hydroxylation is 2. The maximum Gasteiger partial charge on any atom is 0.341 e. The second-order valence-corrected chi connectivity index (χ2v) is 3.22. The van der Waals surface area contributed by atoms with Crippen molar-refractivity contribution in [3.8, 4) is 0 Å². The van der Waals surface area contributed by atoms with Crippen LogP contribution in [0.15, 0.2) is 10.9 Å². The molecule has 0 spiro atoms. The number of rotatable bonds is 3. The summed E-state index contributed by atoms with van der Waals surface area (Å²) in [5.74, 6) is -1.18. The Labute approximate surface area is 81.6 Å². The lowest BCUT2D eigenvalue weighted by Gasteiger charge is -2.04. The van der Waals surface area contributed by atoms with Gasteiger partial charge < -0.3 is 10.1 Å². The SMILES string of the molecule is CCCc1cc(C(=O)O)c(=O)[nH]c1C. The van der Waals surface area contributed by atoms with Crippen LogP contribution in [0.3, 0.4) is 0 Å². The van der Waals surface area contributed by atoms with E-state index >= 15 is 0 Å². The molecule has 0 unspecified atom stereocenters. The Bertz CT molecular complexity index is 406. The highest BCUT2D eigenvalue weighted by molar-refractivity contribution is 5.87. The van der Waals surface area contributed by atoms with Crippen LogP contribution in [0.25, 0.3) is 0 Å². The maximum atomic E-state index is 11.2. The van der Waals surface area contributed by atoms with Crippen LogP contribution in [0, 0.1) is 6.92 Å². The smallest absolute Gasteiger partial charge is 0.341 e. The number of H-pyrrole nitrogens is 1. The van der Waals surface area contributed by atoms with Crippen LogP contribution in [-0.4, -0.2) is 16.1 Å². The quantitative estimate of drug-likeness (QED) is 0.764. The zero-order valence-electron chi connectivity index (χ0n) is 8.26. The Kier molecular flexibility index (Phi) is 3.06.